The Kier molecular flexibility index (Phi) is 1.92. The van der Waals surface area contributed by atoms with Crippen LogP contribution in [0.5, 0.6) is 0 Å². The first-order chi connectivity index (χ1) is 6.68. The number of hydrogen-bond donors (Lipinski definition) is 2. The highest BCUT2D eigenvalue weighted by atomic mass is 16.4. The summed E-state index contributed by atoms with van der Waals surface area (Å²) < 4.78 is 0. The van der Waals surface area contributed by atoms with Gasteiger partial charge in [-0.1, -0.05) is 0 Å². The molecule has 5 heteroatoms. The smallest absolute Gasteiger partial charge is 0.354 e. The summed E-state index contributed by atoms with van der Waals surface area (Å²) in [5.41, 5.74) is 1.02. The molecule has 2 rings (SSSR count). The minimum atomic E-state index is -1.07. The van der Waals surface area contributed by atoms with Gasteiger partial charge in [-0.25, -0.2) is 9.78 Å². The van der Waals surface area contributed by atoms with E-state index in [0.29, 0.717) is 24.2 Å². The first-order valence-corrected chi connectivity index (χ1v) is 4.20. The number of fused-ring (bicyclic) bond motifs is 1. The SMILES string of the molecule is O=C(O)c1ccc2c(n1)CCNC2=O. The van der Waals surface area contributed by atoms with Crippen LogP contribution < -0.4 is 5.32 Å². The molecule has 0 unspecified atom stereocenters. The van der Waals surface area contributed by atoms with Crippen LogP contribution in [0, 0.1) is 0 Å². The van der Waals surface area contributed by atoms with E-state index in [1.807, 2.05) is 0 Å². The molecular weight excluding hydrogens is 184 g/mol. The van der Waals surface area contributed by atoms with Crippen molar-refractivity contribution in [3.63, 3.8) is 0 Å². The van der Waals surface area contributed by atoms with Crippen molar-refractivity contribution in [3.8, 4) is 0 Å². The second kappa shape index (κ2) is 3.10. The number of aromatic carboxylic acids is 1. The van der Waals surface area contributed by atoms with E-state index in [0.717, 1.165) is 0 Å². The summed E-state index contributed by atoms with van der Waals surface area (Å²) in [5, 5.41) is 11.3. The number of rotatable bonds is 1. The number of carboxylic acid groups (broad SMARTS) is 1. The Labute approximate surface area is 79.8 Å². The molecule has 1 aliphatic rings. The molecule has 0 saturated heterocycles. The molecule has 5 nitrogen and oxygen atoms in total. The third-order valence-electron chi connectivity index (χ3n) is 2.09. The Morgan fingerprint density at radius 1 is 1.50 bits per heavy atom. The van der Waals surface area contributed by atoms with Crippen LogP contribution in [0.3, 0.4) is 0 Å². The van der Waals surface area contributed by atoms with Crippen molar-refractivity contribution in [1.82, 2.24) is 10.3 Å². The Morgan fingerprint density at radius 3 is 3.00 bits per heavy atom. The molecule has 72 valence electrons. The number of aromatic nitrogens is 1. The predicted molar refractivity (Wildman–Crippen MR) is 47.2 cm³/mol. The van der Waals surface area contributed by atoms with E-state index in [1.54, 1.807) is 0 Å². The molecule has 0 aliphatic carbocycles. The summed E-state index contributed by atoms with van der Waals surface area (Å²) in [5.74, 6) is -1.26. The maximum atomic E-state index is 11.3. The lowest BCUT2D eigenvalue weighted by molar-refractivity contribution is 0.0689. The number of carboxylic acids is 1. The lowest BCUT2D eigenvalue weighted by Crippen LogP contribution is -2.32. The summed E-state index contributed by atoms with van der Waals surface area (Å²) in [6.07, 6.45) is 0.586. The number of amides is 1. The lowest BCUT2D eigenvalue weighted by Gasteiger charge is -2.15. The molecule has 1 amide bonds. The van der Waals surface area contributed by atoms with Crippen molar-refractivity contribution in [2.75, 3.05) is 6.54 Å². The van der Waals surface area contributed by atoms with E-state index >= 15 is 0 Å². The van der Waals surface area contributed by atoms with Gasteiger partial charge in [0.05, 0.1) is 11.3 Å². The maximum absolute atomic E-state index is 11.3. The molecule has 14 heavy (non-hydrogen) atoms. The fourth-order valence-electron chi connectivity index (χ4n) is 1.41. The quantitative estimate of drug-likeness (QED) is 0.659. The molecule has 0 fully saturated rings. The fourth-order valence-corrected chi connectivity index (χ4v) is 1.41. The van der Waals surface area contributed by atoms with Gasteiger partial charge in [-0.3, -0.25) is 4.79 Å². The molecule has 0 aromatic carbocycles. The molecule has 0 atom stereocenters. The number of nitrogens with one attached hydrogen (secondary N) is 1. The summed E-state index contributed by atoms with van der Waals surface area (Å²) in [6, 6.07) is 2.84. The summed E-state index contributed by atoms with van der Waals surface area (Å²) in [6.45, 7) is 0.516. The topological polar surface area (TPSA) is 79.3 Å². The number of nitrogens with zero attached hydrogens (tertiary/aromatic N) is 1. The summed E-state index contributed by atoms with van der Waals surface area (Å²) in [4.78, 5) is 25.8. The van der Waals surface area contributed by atoms with Gasteiger partial charge in [0.25, 0.3) is 5.91 Å². The highest BCUT2D eigenvalue weighted by molar-refractivity contribution is 5.97. The maximum Gasteiger partial charge on any atom is 0.354 e. The van der Waals surface area contributed by atoms with Crippen LogP contribution in [0.4, 0.5) is 0 Å². The van der Waals surface area contributed by atoms with Gasteiger partial charge in [-0.2, -0.15) is 0 Å². The van der Waals surface area contributed by atoms with Crippen molar-refractivity contribution in [2.24, 2.45) is 0 Å². The van der Waals surface area contributed by atoms with Gasteiger partial charge >= 0.3 is 5.97 Å². The van der Waals surface area contributed by atoms with Crippen molar-refractivity contribution in [2.45, 2.75) is 6.42 Å². The van der Waals surface area contributed by atoms with E-state index in [2.05, 4.69) is 10.3 Å². The molecule has 0 saturated carbocycles. The molecule has 2 N–H and O–H groups in total. The average molecular weight is 192 g/mol. The minimum absolute atomic E-state index is 0.0153. The molecule has 2 heterocycles. The van der Waals surface area contributed by atoms with Crippen LogP contribution in [0.1, 0.15) is 26.5 Å². The van der Waals surface area contributed by atoms with Crippen molar-refractivity contribution < 1.29 is 14.7 Å². The van der Waals surface area contributed by atoms with Crippen LogP contribution in [0.15, 0.2) is 12.1 Å². The predicted octanol–water partition coefficient (Wildman–Crippen LogP) is 0.0657. The number of carbonyl (C=O) groups excluding carboxylic acids is 1. The number of pyridine rings is 1. The minimum Gasteiger partial charge on any atom is -0.477 e. The van der Waals surface area contributed by atoms with Crippen molar-refractivity contribution >= 4 is 11.9 Å². The first-order valence-electron chi connectivity index (χ1n) is 4.20. The van der Waals surface area contributed by atoms with Gasteiger partial charge in [0, 0.05) is 13.0 Å². The fraction of sp³-hybridized carbons (Fsp3) is 0.222. The molecule has 1 aromatic heterocycles. The van der Waals surface area contributed by atoms with Crippen molar-refractivity contribution in [1.29, 1.82) is 0 Å². The molecule has 1 aromatic rings. The largest absolute Gasteiger partial charge is 0.477 e. The first kappa shape index (κ1) is 8.68. The van der Waals surface area contributed by atoms with Gasteiger partial charge in [-0.05, 0) is 12.1 Å². The molecule has 1 aliphatic heterocycles. The van der Waals surface area contributed by atoms with Gasteiger partial charge in [-0.15, -0.1) is 0 Å². The van der Waals surface area contributed by atoms with E-state index in [4.69, 9.17) is 5.11 Å². The Morgan fingerprint density at radius 2 is 2.29 bits per heavy atom. The monoisotopic (exact) mass is 192 g/mol. The Hall–Kier alpha value is -1.91. The second-order valence-corrected chi connectivity index (χ2v) is 3.00. The molecule has 0 spiro atoms. The van der Waals surface area contributed by atoms with E-state index in [1.165, 1.54) is 12.1 Å². The van der Waals surface area contributed by atoms with E-state index < -0.39 is 5.97 Å². The standard InChI is InChI=1S/C9H8N2O3/c12-8-5-1-2-7(9(13)14)11-6(5)3-4-10-8/h1-2H,3-4H2,(H,10,12)(H,13,14). The zero-order valence-corrected chi connectivity index (χ0v) is 7.28. The van der Waals surface area contributed by atoms with Crippen LogP contribution in [0.25, 0.3) is 0 Å². The molecule has 0 radical (unpaired) electrons. The zero-order valence-electron chi connectivity index (χ0n) is 7.28. The third-order valence-corrected chi connectivity index (χ3v) is 2.09. The molecule has 0 bridgehead atoms. The van der Waals surface area contributed by atoms with Gasteiger partial charge in [0.2, 0.25) is 0 Å². The van der Waals surface area contributed by atoms with Gasteiger partial charge in [0.15, 0.2) is 0 Å². The lowest BCUT2D eigenvalue weighted by atomic mass is 10.1. The van der Waals surface area contributed by atoms with Gasteiger partial charge < -0.3 is 10.4 Å². The molecular formula is C9H8N2O3. The van der Waals surface area contributed by atoms with Crippen LogP contribution in [-0.4, -0.2) is 28.5 Å². The summed E-state index contributed by atoms with van der Waals surface area (Å²) >= 11 is 0. The second-order valence-electron chi connectivity index (χ2n) is 3.00. The number of carbonyl (C=O) groups is 2. The van der Waals surface area contributed by atoms with Crippen molar-refractivity contribution in [3.05, 3.63) is 29.1 Å². The zero-order chi connectivity index (χ0) is 10.1. The Bertz CT molecular complexity index is 415. The van der Waals surface area contributed by atoms with Gasteiger partial charge in [0.1, 0.15) is 5.69 Å². The Balaban J connectivity index is 2.49. The summed E-state index contributed by atoms with van der Waals surface area (Å²) in [7, 11) is 0. The van der Waals surface area contributed by atoms with Crippen LogP contribution in [0.2, 0.25) is 0 Å². The van der Waals surface area contributed by atoms with E-state index in [9.17, 15) is 9.59 Å². The van der Waals surface area contributed by atoms with Crippen LogP contribution >= 0.6 is 0 Å². The average Bonchev–Trinajstić information content (AvgIpc) is 2.17. The highest BCUT2D eigenvalue weighted by Gasteiger charge is 2.19. The highest BCUT2D eigenvalue weighted by Crippen LogP contribution is 2.12. The normalized spacial score (nSPS) is 14.4. The van der Waals surface area contributed by atoms with E-state index in [-0.39, 0.29) is 11.6 Å². The van der Waals surface area contributed by atoms with Crippen LogP contribution in [-0.2, 0) is 6.42 Å². The third kappa shape index (κ3) is 1.32. The number of hydrogen-bond acceptors (Lipinski definition) is 3.